The molecule has 0 aromatic heterocycles. The molecule has 0 aromatic rings. The molecule has 17 heavy (non-hydrogen) atoms. The van der Waals surface area contributed by atoms with E-state index >= 15 is 0 Å². The Labute approximate surface area is 99.8 Å². The molecule has 4 aliphatic rings. The summed E-state index contributed by atoms with van der Waals surface area (Å²) in [6, 6.07) is 0. The van der Waals surface area contributed by atoms with Gasteiger partial charge in [0.05, 0.1) is 6.61 Å². The maximum Gasteiger partial charge on any atom is 0.155 e. The Morgan fingerprint density at radius 2 is 2.29 bits per heavy atom. The van der Waals surface area contributed by atoms with Crippen LogP contribution in [0.1, 0.15) is 19.8 Å². The summed E-state index contributed by atoms with van der Waals surface area (Å²) in [6.45, 7) is 6.50. The zero-order valence-corrected chi connectivity index (χ0v) is 9.79. The van der Waals surface area contributed by atoms with Gasteiger partial charge in [-0.2, -0.15) is 0 Å². The number of ether oxygens (including phenoxy) is 2. The normalized spacial score (nSPS) is 41.9. The van der Waals surface area contributed by atoms with E-state index in [1.807, 2.05) is 6.08 Å². The molecule has 0 N–H and O–H groups in total. The van der Waals surface area contributed by atoms with Gasteiger partial charge in [0.25, 0.3) is 0 Å². The molecule has 3 heterocycles. The van der Waals surface area contributed by atoms with Crippen LogP contribution >= 0.6 is 0 Å². The van der Waals surface area contributed by atoms with Gasteiger partial charge < -0.3 is 9.47 Å². The Balaban J connectivity index is 1.73. The van der Waals surface area contributed by atoms with Gasteiger partial charge in [0.15, 0.2) is 5.78 Å². The molecular weight excluding hydrogens is 216 g/mol. The third kappa shape index (κ3) is 1.02. The van der Waals surface area contributed by atoms with Crippen molar-refractivity contribution in [1.82, 2.24) is 0 Å². The van der Waals surface area contributed by atoms with Crippen molar-refractivity contribution in [3.05, 3.63) is 34.9 Å². The summed E-state index contributed by atoms with van der Waals surface area (Å²) in [5, 5.41) is 0. The summed E-state index contributed by atoms with van der Waals surface area (Å²) in [7, 11) is 0. The fraction of sp³-hybridized carbons (Fsp3) is 0.500. The minimum Gasteiger partial charge on any atom is -0.362 e. The Morgan fingerprint density at radius 3 is 2.94 bits per heavy atom. The summed E-state index contributed by atoms with van der Waals surface area (Å²) in [5.41, 5.74) is 4.38. The van der Waals surface area contributed by atoms with Gasteiger partial charge in [0.2, 0.25) is 0 Å². The third-order valence-corrected chi connectivity index (χ3v) is 4.46. The number of fused-ring (bicyclic) bond motifs is 5. The van der Waals surface area contributed by atoms with Crippen molar-refractivity contribution in [2.45, 2.75) is 37.6 Å². The summed E-state index contributed by atoms with van der Waals surface area (Å²) >= 11 is 0. The average molecular weight is 230 g/mol. The number of carbonyl (C=O) groups is 1. The first-order valence-electron chi connectivity index (χ1n) is 6.04. The minimum absolute atomic E-state index is 0.000509. The first kappa shape index (κ1) is 9.80. The molecule has 3 atom stereocenters. The monoisotopic (exact) mass is 230 g/mol. The Hall–Kier alpha value is -1.19. The van der Waals surface area contributed by atoms with Crippen molar-refractivity contribution < 1.29 is 14.3 Å². The van der Waals surface area contributed by atoms with E-state index in [1.165, 1.54) is 11.1 Å². The summed E-state index contributed by atoms with van der Waals surface area (Å²) < 4.78 is 11.6. The van der Waals surface area contributed by atoms with E-state index in [0.29, 0.717) is 0 Å². The SMILES string of the molecule is C=C1[C@H]2O[C@H](C3=C2CC(C(C)=O)=CC3)[C@]12CO2. The Bertz CT molecular complexity index is 520. The molecule has 0 radical (unpaired) electrons. The second-order valence-corrected chi connectivity index (χ2v) is 5.32. The molecule has 1 aliphatic carbocycles. The molecule has 4 rings (SSSR count). The van der Waals surface area contributed by atoms with Crippen LogP contribution in [-0.4, -0.2) is 30.2 Å². The number of rotatable bonds is 1. The summed E-state index contributed by atoms with van der Waals surface area (Å²) in [6.07, 6.45) is 3.69. The van der Waals surface area contributed by atoms with Crippen molar-refractivity contribution >= 4 is 5.78 Å². The number of hydrogen-bond acceptors (Lipinski definition) is 3. The predicted molar refractivity (Wildman–Crippen MR) is 61.5 cm³/mol. The standard InChI is InChI=1S/C14H14O3/c1-7-12-11-5-9(8(2)15)3-4-10(11)13(17-12)14(7)6-16-14/h3,12-13H,1,4-6H2,2H3/t12-,13-,14+/m1/s1. The number of carbonyl (C=O) groups excluding carboxylic acids is 1. The molecule has 88 valence electrons. The molecular formula is C14H14O3. The molecule has 3 heteroatoms. The maximum atomic E-state index is 11.4. The number of ketones is 1. The van der Waals surface area contributed by atoms with Crippen molar-refractivity contribution in [2.75, 3.05) is 6.61 Å². The van der Waals surface area contributed by atoms with Crippen LogP contribution in [0.4, 0.5) is 0 Å². The van der Waals surface area contributed by atoms with Gasteiger partial charge in [-0.25, -0.2) is 0 Å². The first-order chi connectivity index (χ1) is 8.13. The molecule has 3 aliphatic heterocycles. The van der Waals surface area contributed by atoms with Crippen LogP contribution in [0.3, 0.4) is 0 Å². The third-order valence-electron chi connectivity index (χ3n) is 4.46. The lowest BCUT2D eigenvalue weighted by Crippen LogP contribution is -2.32. The maximum absolute atomic E-state index is 11.4. The lowest BCUT2D eigenvalue weighted by molar-refractivity contribution is -0.113. The molecule has 0 aromatic carbocycles. The van der Waals surface area contributed by atoms with E-state index in [9.17, 15) is 4.79 Å². The molecule has 2 bridgehead atoms. The van der Waals surface area contributed by atoms with Crippen LogP contribution in [0, 0.1) is 0 Å². The fourth-order valence-electron chi connectivity index (χ4n) is 3.35. The highest BCUT2D eigenvalue weighted by molar-refractivity contribution is 5.94. The number of allylic oxidation sites excluding steroid dienone is 2. The number of Topliss-reactive ketones (excluding diaryl/α,β-unsaturated/α-hetero) is 1. The number of hydrogen-bond donors (Lipinski definition) is 0. The van der Waals surface area contributed by atoms with E-state index in [1.54, 1.807) is 6.92 Å². The zero-order chi connectivity index (χ0) is 11.8. The minimum atomic E-state index is -0.203. The number of epoxide rings is 1. The van der Waals surface area contributed by atoms with Crippen LogP contribution < -0.4 is 0 Å². The predicted octanol–water partition coefficient (Wildman–Crippen LogP) is 1.70. The molecule has 0 saturated carbocycles. The molecule has 2 saturated heterocycles. The largest absolute Gasteiger partial charge is 0.362 e. The second kappa shape index (κ2) is 2.79. The van der Waals surface area contributed by atoms with Gasteiger partial charge in [-0.1, -0.05) is 12.7 Å². The lowest BCUT2D eigenvalue weighted by atomic mass is 9.75. The smallest absolute Gasteiger partial charge is 0.155 e. The lowest BCUT2D eigenvalue weighted by Gasteiger charge is -2.26. The highest BCUT2D eigenvalue weighted by Crippen LogP contribution is 2.58. The van der Waals surface area contributed by atoms with E-state index in [0.717, 1.165) is 30.6 Å². The van der Waals surface area contributed by atoms with Crippen molar-refractivity contribution in [3.63, 3.8) is 0 Å². The van der Waals surface area contributed by atoms with Gasteiger partial charge in [0, 0.05) is 0 Å². The zero-order valence-electron chi connectivity index (χ0n) is 9.79. The first-order valence-corrected chi connectivity index (χ1v) is 6.04. The molecule has 1 spiro atoms. The molecule has 3 nitrogen and oxygen atoms in total. The van der Waals surface area contributed by atoms with Crippen LogP contribution in [0.2, 0.25) is 0 Å². The quantitative estimate of drug-likeness (QED) is 0.508. The van der Waals surface area contributed by atoms with Gasteiger partial charge in [-0.15, -0.1) is 0 Å². The Morgan fingerprint density at radius 1 is 1.53 bits per heavy atom. The highest BCUT2D eigenvalue weighted by atomic mass is 16.6. The van der Waals surface area contributed by atoms with Crippen molar-refractivity contribution in [3.8, 4) is 0 Å². The summed E-state index contributed by atoms with van der Waals surface area (Å²) in [5.74, 6) is 0.169. The van der Waals surface area contributed by atoms with Crippen molar-refractivity contribution in [1.29, 1.82) is 0 Å². The van der Waals surface area contributed by atoms with E-state index in [4.69, 9.17) is 9.47 Å². The van der Waals surface area contributed by atoms with Gasteiger partial charge in [0.1, 0.15) is 17.8 Å². The van der Waals surface area contributed by atoms with Crippen LogP contribution in [0.15, 0.2) is 34.9 Å². The fourth-order valence-corrected chi connectivity index (χ4v) is 3.35. The average Bonchev–Trinajstić information content (AvgIpc) is 2.95. The Kier molecular flexibility index (Phi) is 1.61. The van der Waals surface area contributed by atoms with Gasteiger partial charge >= 0.3 is 0 Å². The van der Waals surface area contributed by atoms with Gasteiger partial charge in [-0.05, 0) is 42.1 Å². The van der Waals surface area contributed by atoms with Crippen LogP contribution in [-0.2, 0) is 14.3 Å². The van der Waals surface area contributed by atoms with Crippen molar-refractivity contribution in [2.24, 2.45) is 0 Å². The molecule has 0 unspecified atom stereocenters. The van der Waals surface area contributed by atoms with Gasteiger partial charge in [-0.3, -0.25) is 4.79 Å². The van der Waals surface area contributed by atoms with E-state index in [-0.39, 0.29) is 23.6 Å². The topological polar surface area (TPSA) is 38.8 Å². The second-order valence-electron chi connectivity index (χ2n) is 5.32. The molecule has 0 amide bonds. The van der Waals surface area contributed by atoms with Crippen LogP contribution in [0.5, 0.6) is 0 Å². The van der Waals surface area contributed by atoms with E-state index < -0.39 is 0 Å². The highest BCUT2D eigenvalue weighted by Gasteiger charge is 2.67. The van der Waals surface area contributed by atoms with E-state index in [2.05, 4.69) is 6.58 Å². The van der Waals surface area contributed by atoms with Crippen LogP contribution in [0.25, 0.3) is 0 Å². The molecule has 2 fully saturated rings. The summed E-state index contributed by atoms with van der Waals surface area (Å²) in [4.78, 5) is 11.4.